The average Bonchev–Trinajstić information content (AvgIpc) is 3.51. The van der Waals surface area contributed by atoms with E-state index in [-0.39, 0.29) is 5.91 Å². The fourth-order valence-corrected chi connectivity index (χ4v) is 4.83. The summed E-state index contributed by atoms with van der Waals surface area (Å²) < 4.78 is 2.91. The second-order valence-electron chi connectivity index (χ2n) is 7.48. The smallest absolute Gasteiger partial charge is 0.240 e. The van der Waals surface area contributed by atoms with Crippen molar-refractivity contribution in [2.24, 2.45) is 0 Å². The minimum atomic E-state index is -0.415. The van der Waals surface area contributed by atoms with Gasteiger partial charge in [-0.2, -0.15) is 5.10 Å². The Labute approximate surface area is 190 Å². The number of hydrogen-bond acceptors (Lipinski definition) is 4. The lowest BCUT2D eigenvalue weighted by Crippen LogP contribution is -2.38. The van der Waals surface area contributed by atoms with Gasteiger partial charge < -0.3 is 0 Å². The molecule has 0 bridgehead atoms. The fraction of sp³-hybridized carbons (Fsp3) is 0.115. The maximum absolute atomic E-state index is 14.1. The summed E-state index contributed by atoms with van der Waals surface area (Å²) in [5.74, 6) is -0.407. The largest absolute Gasteiger partial charge is 0.285 e. The van der Waals surface area contributed by atoms with Crippen LogP contribution in [-0.2, 0) is 11.3 Å². The molecule has 0 unspecified atom stereocenters. The van der Waals surface area contributed by atoms with Gasteiger partial charge in [0.25, 0.3) is 0 Å². The van der Waals surface area contributed by atoms with Crippen LogP contribution >= 0.6 is 11.3 Å². The van der Waals surface area contributed by atoms with E-state index >= 15 is 0 Å². The van der Waals surface area contributed by atoms with Crippen molar-refractivity contribution in [2.45, 2.75) is 12.5 Å². The molecule has 1 amide bonds. The summed E-state index contributed by atoms with van der Waals surface area (Å²) in [4.78, 5) is 20.8. The second kappa shape index (κ2) is 9.16. The third kappa shape index (κ3) is 4.18. The number of benzene rings is 3. The predicted octanol–water partition coefficient (Wildman–Crippen LogP) is 5.36. The van der Waals surface area contributed by atoms with Crippen molar-refractivity contribution >= 4 is 32.6 Å². The zero-order valence-corrected chi connectivity index (χ0v) is 18.2. The molecular formula is C26H22N4OS. The first-order valence-corrected chi connectivity index (χ1v) is 11.4. The molecule has 0 radical (unpaired) electrons. The van der Waals surface area contributed by atoms with E-state index in [9.17, 15) is 4.79 Å². The van der Waals surface area contributed by atoms with E-state index in [4.69, 9.17) is 4.98 Å². The van der Waals surface area contributed by atoms with Crippen LogP contribution in [0.2, 0.25) is 0 Å². The maximum Gasteiger partial charge on any atom is 0.240 e. The number of carbonyl (C=O) groups is 1. The number of aromatic nitrogens is 3. The molecule has 32 heavy (non-hydrogen) atoms. The summed E-state index contributed by atoms with van der Waals surface area (Å²) in [6.07, 6.45) is 3.66. The van der Waals surface area contributed by atoms with Gasteiger partial charge in [-0.3, -0.25) is 14.4 Å². The van der Waals surface area contributed by atoms with Crippen LogP contribution in [0.25, 0.3) is 10.2 Å². The number of amides is 1. The number of rotatable bonds is 7. The fourth-order valence-electron chi connectivity index (χ4n) is 3.84. The van der Waals surface area contributed by atoms with Crippen molar-refractivity contribution < 1.29 is 4.79 Å². The lowest BCUT2D eigenvalue weighted by Gasteiger charge is -2.26. The molecule has 2 heterocycles. The molecule has 2 aromatic heterocycles. The first kappa shape index (κ1) is 20.2. The van der Waals surface area contributed by atoms with E-state index in [1.54, 1.807) is 17.5 Å². The Morgan fingerprint density at radius 3 is 2.16 bits per heavy atom. The molecule has 0 spiro atoms. The van der Waals surface area contributed by atoms with Crippen molar-refractivity contribution in [3.8, 4) is 0 Å². The highest BCUT2D eigenvalue weighted by Gasteiger charge is 2.30. The Bertz CT molecular complexity index is 1230. The molecule has 0 saturated heterocycles. The highest BCUT2D eigenvalue weighted by Crippen LogP contribution is 2.33. The van der Waals surface area contributed by atoms with Gasteiger partial charge in [0.15, 0.2) is 5.13 Å². The van der Waals surface area contributed by atoms with Crippen LogP contribution in [0.5, 0.6) is 0 Å². The van der Waals surface area contributed by atoms with Crippen LogP contribution in [0.3, 0.4) is 0 Å². The van der Waals surface area contributed by atoms with Gasteiger partial charge in [0.2, 0.25) is 5.91 Å². The van der Waals surface area contributed by atoms with Crippen LogP contribution < -0.4 is 4.90 Å². The first-order chi connectivity index (χ1) is 15.8. The Hall–Kier alpha value is -3.77. The quantitative estimate of drug-likeness (QED) is 0.344. The van der Waals surface area contributed by atoms with Crippen LogP contribution in [0, 0.1) is 0 Å². The normalized spacial score (nSPS) is 11.2. The molecule has 0 saturated carbocycles. The SMILES string of the molecule is O=C(C(c1ccccc1)c1ccccc1)N(CCn1cccn1)c1nc2ccccc2s1. The van der Waals surface area contributed by atoms with Crippen molar-refractivity contribution in [2.75, 3.05) is 11.4 Å². The molecule has 158 valence electrons. The predicted molar refractivity (Wildman–Crippen MR) is 129 cm³/mol. The lowest BCUT2D eigenvalue weighted by molar-refractivity contribution is -0.119. The number of fused-ring (bicyclic) bond motifs is 1. The molecular weight excluding hydrogens is 416 g/mol. The topological polar surface area (TPSA) is 51.0 Å². The van der Waals surface area contributed by atoms with E-state index < -0.39 is 5.92 Å². The monoisotopic (exact) mass is 438 g/mol. The van der Waals surface area contributed by atoms with Gasteiger partial charge in [-0.15, -0.1) is 0 Å². The van der Waals surface area contributed by atoms with Gasteiger partial charge >= 0.3 is 0 Å². The van der Waals surface area contributed by atoms with Crippen molar-refractivity contribution in [1.29, 1.82) is 0 Å². The summed E-state index contributed by atoms with van der Waals surface area (Å²) in [5, 5.41) is 5.02. The summed E-state index contributed by atoms with van der Waals surface area (Å²) in [6.45, 7) is 1.07. The van der Waals surface area contributed by atoms with E-state index in [0.717, 1.165) is 21.3 Å². The lowest BCUT2D eigenvalue weighted by atomic mass is 9.90. The average molecular weight is 439 g/mol. The Morgan fingerprint density at radius 1 is 0.875 bits per heavy atom. The third-order valence-corrected chi connectivity index (χ3v) is 6.46. The summed E-state index contributed by atoms with van der Waals surface area (Å²) in [6, 6.07) is 29.8. The van der Waals surface area contributed by atoms with Gasteiger partial charge in [0, 0.05) is 18.9 Å². The number of nitrogens with zero attached hydrogens (tertiary/aromatic N) is 4. The summed E-state index contributed by atoms with van der Waals surface area (Å²) >= 11 is 1.54. The summed E-state index contributed by atoms with van der Waals surface area (Å²) in [5.41, 5.74) is 2.84. The van der Waals surface area contributed by atoms with Crippen LogP contribution in [0.4, 0.5) is 5.13 Å². The van der Waals surface area contributed by atoms with Gasteiger partial charge in [-0.05, 0) is 29.3 Å². The first-order valence-electron chi connectivity index (χ1n) is 10.5. The highest BCUT2D eigenvalue weighted by molar-refractivity contribution is 7.22. The number of carbonyl (C=O) groups excluding carboxylic acids is 1. The molecule has 5 aromatic rings. The highest BCUT2D eigenvalue weighted by atomic mass is 32.1. The zero-order valence-electron chi connectivity index (χ0n) is 17.4. The molecule has 6 heteroatoms. The van der Waals surface area contributed by atoms with E-state index in [2.05, 4.69) is 5.10 Å². The Kier molecular flexibility index (Phi) is 5.77. The Morgan fingerprint density at radius 2 is 1.53 bits per heavy atom. The van der Waals surface area contributed by atoms with Crippen molar-refractivity contribution in [3.05, 3.63) is 115 Å². The van der Waals surface area contributed by atoms with Gasteiger partial charge in [0.1, 0.15) is 0 Å². The van der Waals surface area contributed by atoms with Crippen molar-refractivity contribution in [3.63, 3.8) is 0 Å². The van der Waals surface area contributed by atoms with Crippen LogP contribution in [0.1, 0.15) is 17.0 Å². The van der Waals surface area contributed by atoms with Gasteiger partial charge in [0.05, 0.1) is 22.7 Å². The number of hydrogen-bond donors (Lipinski definition) is 0. The van der Waals surface area contributed by atoms with Gasteiger partial charge in [-0.25, -0.2) is 4.98 Å². The number of anilines is 1. The molecule has 5 nitrogen and oxygen atoms in total. The van der Waals surface area contributed by atoms with Gasteiger partial charge in [-0.1, -0.05) is 84.1 Å². The zero-order chi connectivity index (χ0) is 21.8. The molecule has 0 aliphatic carbocycles. The summed E-state index contributed by atoms with van der Waals surface area (Å²) in [7, 11) is 0. The number of para-hydroxylation sites is 1. The maximum atomic E-state index is 14.1. The van der Waals surface area contributed by atoms with Crippen molar-refractivity contribution in [1.82, 2.24) is 14.8 Å². The molecule has 5 rings (SSSR count). The molecule has 0 aliphatic rings. The standard InChI is InChI=1S/C26H22N4OS/c31-25(24(20-10-3-1-4-11-20)21-12-5-2-6-13-21)30(19-18-29-17-9-16-27-29)26-28-22-14-7-8-15-23(22)32-26/h1-17,24H,18-19H2. The molecule has 0 atom stereocenters. The Balaban J connectivity index is 1.57. The molecule has 0 fully saturated rings. The minimum absolute atomic E-state index is 0.00797. The minimum Gasteiger partial charge on any atom is -0.285 e. The molecule has 0 N–H and O–H groups in total. The second-order valence-corrected chi connectivity index (χ2v) is 8.49. The molecule has 3 aromatic carbocycles. The van der Waals surface area contributed by atoms with Crippen LogP contribution in [0.15, 0.2) is 103 Å². The van der Waals surface area contributed by atoms with E-state index in [1.807, 2.05) is 107 Å². The van der Waals surface area contributed by atoms with Crippen LogP contribution in [-0.4, -0.2) is 27.2 Å². The van der Waals surface area contributed by atoms with E-state index in [1.165, 1.54) is 0 Å². The number of thiazole rings is 1. The third-order valence-electron chi connectivity index (χ3n) is 5.40. The molecule has 0 aliphatic heterocycles. The van der Waals surface area contributed by atoms with E-state index in [0.29, 0.717) is 18.2 Å².